The van der Waals surface area contributed by atoms with Crippen LogP contribution in [0, 0.1) is 0 Å². The van der Waals surface area contributed by atoms with Gasteiger partial charge in [-0.25, -0.2) is 0 Å². The summed E-state index contributed by atoms with van der Waals surface area (Å²) in [5, 5.41) is 0. The van der Waals surface area contributed by atoms with E-state index in [-0.39, 0.29) is 19.2 Å². The number of ether oxygens (including phenoxy) is 1. The molecule has 0 saturated heterocycles. The zero-order valence-electron chi connectivity index (χ0n) is 8.47. The summed E-state index contributed by atoms with van der Waals surface area (Å²) in [6.45, 7) is 1.53. The molecule has 0 spiro atoms. The number of halogens is 3. The lowest BCUT2D eigenvalue weighted by Gasteiger charge is -2.25. The highest BCUT2D eigenvalue weighted by molar-refractivity contribution is 4.68. The fraction of sp³-hybridized carbons (Fsp3) is 1.00. The van der Waals surface area contributed by atoms with Gasteiger partial charge >= 0.3 is 6.18 Å². The summed E-state index contributed by atoms with van der Waals surface area (Å²) >= 11 is 0. The molecule has 0 aromatic heterocycles. The molecule has 0 aliphatic carbocycles. The van der Waals surface area contributed by atoms with Crippen LogP contribution in [0.3, 0.4) is 0 Å². The molecule has 6 heteroatoms. The second-order valence-corrected chi connectivity index (χ2v) is 3.04. The van der Waals surface area contributed by atoms with Gasteiger partial charge in [0.1, 0.15) is 0 Å². The van der Waals surface area contributed by atoms with E-state index >= 15 is 0 Å². The highest BCUT2D eigenvalue weighted by atomic mass is 19.4. The summed E-state index contributed by atoms with van der Waals surface area (Å²) in [6, 6.07) is 0. The molecule has 0 heterocycles. The third-order valence-electron chi connectivity index (χ3n) is 1.91. The van der Waals surface area contributed by atoms with Crippen LogP contribution in [-0.2, 0) is 4.74 Å². The van der Waals surface area contributed by atoms with Gasteiger partial charge in [-0.05, 0) is 6.54 Å². The summed E-state index contributed by atoms with van der Waals surface area (Å²) in [4.78, 5) is 1.26. The fourth-order valence-electron chi connectivity index (χ4n) is 1.09. The first-order chi connectivity index (χ1) is 6.42. The molecular weight excluding hydrogens is 197 g/mol. The predicted octanol–water partition coefficient (Wildman–Crippen LogP) is 0.844. The standard InChI is InChI=1S/C8H17F3N2O/c1-3-13(6-8(9,10)11)5-7(4-12)14-2/h7H,3-6,12H2,1-2H3. The number of likely N-dealkylation sites (N-methyl/N-ethyl adjacent to an activating group) is 1. The van der Waals surface area contributed by atoms with E-state index in [0.29, 0.717) is 6.54 Å². The lowest BCUT2D eigenvalue weighted by Crippen LogP contribution is -2.42. The largest absolute Gasteiger partial charge is 0.401 e. The Balaban J connectivity index is 4.01. The Morgan fingerprint density at radius 1 is 1.43 bits per heavy atom. The smallest absolute Gasteiger partial charge is 0.379 e. The van der Waals surface area contributed by atoms with Crippen molar-refractivity contribution in [2.45, 2.75) is 19.2 Å². The molecule has 0 aromatic rings. The predicted molar refractivity (Wildman–Crippen MR) is 48.0 cm³/mol. The third-order valence-corrected chi connectivity index (χ3v) is 1.91. The molecule has 0 bridgehead atoms. The SMILES string of the molecule is CCN(CC(CN)OC)CC(F)(F)F. The first kappa shape index (κ1) is 13.7. The molecule has 0 saturated carbocycles. The minimum Gasteiger partial charge on any atom is -0.379 e. The van der Waals surface area contributed by atoms with Crippen LogP contribution in [0.2, 0.25) is 0 Å². The van der Waals surface area contributed by atoms with E-state index in [9.17, 15) is 13.2 Å². The van der Waals surface area contributed by atoms with E-state index in [1.165, 1.54) is 12.0 Å². The lowest BCUT2D eigenvalue weighted by molar-refractivity contribution is -0.148. The van der Waals surface area contributed by atoms with E-state index in [1.807, 2.05) is 0 Å². The van der Waals surface area contributed by atoms with E-state index in [4.69, 9.17) is 10.5 Å². The van der Waals surface area contributed by atoms with Crippen molar-refractivity contribution in [3.8, 4) is 0 Å². The van der Waals surface area contributed by atoms with E-state index in [1.54, 1.807) is 6.92 Å². The zero-order chi connectivity index (χ0) is 11.2. The number of hydrogen-bond acceptors (Lipinski definition) is 3. The molecule has 0 aliphatic heterocycles. The molecule has 0 rings (SSSR count). The van der Waals surface area contributed by atoms with Crippen LogP contribution in [0.5, 0.6) is 0 Å². The molecule has 0 amide bonds. The van der Waals surface area contributed by atoms with Crippen LogP contribution in [-0.4, -0.2) is 50.5 Å². The Labute approximate surface area is 82.0 Å². The van der Waals surface area contributed by atoms with E-state index in [2.05, 4.69) is 0 Å². The minimum atomic E-state index is -4.16. The van der Waals surface area contributed by atoms with Crippen molar-refractivity contribution < 1.29 is 17.9 Å². The Bertz CT molecular complexity index is 148. The normalized spacial score (nSPS) is 14.8. The Kier molecular flexibility index (Phi) is 6.06. The quantitative estimate of drug-likeness (QED) is 0.712. The lowest BCUT2D eigenvalue weighted by atomic mass is 10.3. The second-order valence-electron chi connectivity index (χ2n) is 3.04. The van der Waals surface area contributed by atoms with Gasteiger partial charge in [0.25, 0.3) is 0 Å². The first-order valence-corrected chi connectivity index (χ1v) is 4.44. The average molecular weight is 214 g/mol. The number of alkyl halides is 3. The highest BCUT2D eigenvalue weighted by Crippen LogP contribution is 2.16. The summed E-state index contributed by atoms with van der Waals surface area (Å²) in [5.41, 5.74) is 5.32. The van der Waals surface area contributed by atoms with E-state index in [0.717, 1.165) is 0 Å². The van der Waals surface area contributed by atoms with Crippen molar-refractivity contribution >= 4 is 0 Å². The summed E-state index contributed by atoms with van der Waals surface area (Å²) in [6.07, 6.45) is -4.50. The Hall–Kier alpha value is -0.330. The van der Waals surface area contributed by atoms with Crippen molar-refractivity contribution in [3.63, 3.8) is 0 Å². The van der Waals surface area contributed by atoms with Crippen molar-refractivity contribution in [2.24, 2.45) is 5.73 Å². The first-order valence-electron chi connectivity index (χ1n) is 4.44. The van der Waals surface area contributed by atoms with Crippen LogP contribution in [0.25, 0.3) is 0 Å². The fourth-order valence-corrected chi connectivity index (χ4v) is 1.09. The molecule has 0 fully saturated rings. The number of nitrogens with zero attached hydrogens (tertiary/aromatic N) is 1. The van der Waals surface area contributed by atoms with Crippen molar-refractivity contribution in [3.05, 3.63) is 0 Å². The van der Waals surface area contributed by atoms with Gasteiger partial charge in [0.2, 0.25) is 0 Å². The van der Waals surface area contributed by atoms with Crippen LogP contribution in [0.15, 0.2) is 0 Å². The zero-order valence-corrected chi connectivity index (χ0v) is 8.47. The number of rotatable bonds is 6. The van der Waals surface area contributed by atoms with Gasteiger partial charge in [-0.2, -0.15) is 13.2 Å². The van der Waals surface area contributed by atoms with Gasteiger partial charge in [0.15, 0.2) is 0 Å². The summed E-state index contributed by atoms with van der Waals surface area (Å²) in [7, 11) is 1.44. The molecule has 14 heavy (non-hydrogen) atoms. The molecule has 0 radical (unpaired) electrons. The van der Waals surface area contributed by atoms with Crippen molar-refractivity contribution in [1.29, 1.82) is 0 Å². The van der Waals surface area contributed by atoms with Gasteiger partial charge in [0.05, 0.1) is 12.6 Å². The number of nitrogens with two attached hydrogens (primary N) is 1. The second kappa shape index (κ2) is 6.21. The molecule has 2 N–H and O–H groups in total. The maximum absolute atomic E-state index is 12.0. The monoisotopic (exact) mass is 214 g/mol. The summed E-state index contributed by atoms with van der Waals surface area (Å²) in [5.74, 6) is 0. The van der Waals surface area contributed by atoms with Gasteiger partial charge in [-0.3, -0.25) is 4.90 Å². The van der Waals surface area contributed by atoms with Gasteiger partial charge in [-0.15, -0.1) is 0 Å². The molecule has 86 valence electrons. The maximum Gasteiger partial charge on any atom is 0.401 e. The molecule has 3 nitrogen and oxygen atoms in total. The van der Waals surface area contributed by atoms with Gasteiger partial charge in [0, 0.05) is 20.2 Å². The number of hydrogen-bond donors (Lipinski definition) is 1. The average Bonchev–Trinajstić information content (AvgIpc) is 2.10. The van der Waals surface area contributed by atoms with Crippen molar-refractivity contribution in [1.82, 2.24) is 4.90 Å². The molecule has 1 unspecified atom stereocenters. The Morgan fingerprint density at radius 3 is 2.29 bits per heavy atom. The van der Waals surface area contributed by atoms with Crippen LogP contribution in [0.4, 0.5) is 13.2 Å². The highest BCUT2D eigenvalue weighted by Gasteiger charge is 2.30. The van der Waals surface area contributed by atoms with Crippen molar-refractivity contribution in [2.75, 3.05) is 33.3 Å². The van der Waals surface area contributed by atoms with E-state index < -0.39 is 12.7 Å². The molecule has 1 atom stereocenters. The maximum atomic E-state index is 12.0. The minimum absolute atomic E-state index is 0.211. The van der Waals surface area contributed by atoms with Gasteiger partial charge in [-0.1, -0.05) is 6.92 Å². The van der Waals surface area contributed by atoms with Gasteiger partial charge < -0.3 is 10.5 Å². The molecular formula is C8H17F3N2O. The van der Waals surface area contributed by atoms with Crippen LogP contribution < -0.4 is 5.73 Å². The third kappa shape index (κ3) is 6.17. The van der Waals surface area contributed by atoms with Crippen LogP contribution >= 0.6 is 0 Å². The Morgan fingerprint density at radius 2 is 2.00 bits per heavy atom. The van der Waals surface area contributed by atoms with Crippen LogP contribution in [0.1, 0.15) is 6.92 Å². The summed E-state index contributed by atoms with van der Waals surface area (Å²) < 4.78 is 41.0. The topological polar surface area (TPSA) is 38.5 Å². The molecule has 0 aromatic carbocycles. The molecule has 0 aliphatic rings. The number of methoxy groups -OCH3 is 1.